The van der Waals surface area contributed by atoms with Crippen LogP contribution in [0.4, 0.5) is 10.2 Å². The number of hydrogen-bond acceptors (Lipinski definition) is 3. The number of unbranched alkanes of at least 4 members (excludes halogenated alkanes) is 3. The number of nitrogens with one attached hydrogen (secondary N) is 2. The minimum atomic E-state index is -0.561. The van der Waals surface area contributed by atoms with E-state index >= 15 is 0 Å². The maximum absolute atomic E-state index is 13.7. The third-order valence-electron chi connectivity index (χ3n) is 4.18. The highest BCUT2D eigenvalue weighted by molar-refractivity contribution is 6.18. The Bertz CT molecular complexity index is 887. The molecule has 126 valence electrons. The highest BCUT2D eigenvalue weighted by Gasteiger charge is 2.16. The molecule has 4 N–H and O–H groups in total. The zero-order valence-corrected chi connectivity index (χ0v) is 13.7. The van der Waals surface area contributed by atoms with Crippen molar-refractivity contribution in [2.45, 2.75) is 32.6 Å². The molecular formula is C18H21FN4O. The van der Waals surface area contributed by atoms with E-state index in [1.165, 1.54) is 31.2 Å². The molecule has 0 aliphatic carbocycles. The highest BCUT2D eigenvalue weighted by atomic mass is 19.1. The molecule has 2 heterocycles. The van der Waals surface area contributed by atoms with Crippen molar-refractivity contribution in [3.8, 4) is 0 Å². The summed E-state index contributed by atoms with van der Waals surface area (Å²) < 4.78 is 13.7. The lowest BCUT2D eigenvalue weighted by atomic mass is 10.1. The second kappa shape index (κ2) is 6.86. The van der Waals surface area contributed by atoms with Crippen LogP contribution in [-0.4, -0.2) is 22.4 Å². The summed E-state index contributed by atoms with van der Waals surface area (Å²) >= 11 is 0. The summed E-state index contributed by atoms with van der Waals surface area (Å²) in [5.41, 5.74) is 7.09. The van der Waals surface area contributed by atoms with Gasteiger partial charge in [0.25, 0.3) is 5.91 Å². The zero-order chi connectivity index (χ0) is 17.1. The number of aromatic nitrogens is 2. The van der Waals surface area contributed by atoms with Crippen LogP contribution in [0.2, 0.25) is 0 Å². The number of nitrogens with two attached hydrogens (primary N) is 1. The third-order valence-corrected chi connectivity index (χ3v) is 4.18. The number of pyridine rings is 1. The standard InChI is InChI=1S/C18H21FN4O/c1-2-3-4-5-8-21-18-15-12-9-11(19)6-7-14(12)23-16(15)13(10-22-18)17(20)24/h6-7,9-10,23H,2-5,8H2,1H3,(H2,20,24)(H,21,22). The number of anilines is 1. The molecule has 6 heteroatoms. The maximum atomic E-state index is 13.7. The van der Waals surface area contributed by atoms with Gasteiger partial charge in [0.15, 0.2) is 0 Å². The Balaban J connectivity index is 2.05. The first-order valence-corrected chi connectivity index (χ1v) is 8.25. The van der Waals surface area contributed by atoms with Gasteiger partial charge in [-0.3, -0.25) is 4.79 Å². The fraction of sp³-hybridized carbons (Fsp3) is 0.333. The molecule has 0 aliphatic rings. The van der Waals surface area contributed by atoms with Crippen LogP contribution >= 0.6 is 0 Å². The Labute approximate surface area is 139 Å². The van der Waals surface area contributed by atoms with Crippen molar-refractivity contribution < 1.29 is 9.18 Å². The monoisotopic (exact) mass is 328 g/mol. The number of halogens is 1. The quantitative estimate of drug-likeness (QED) is 0.574. The average molecular weight is 328 g/mol. The number of primary amides is 1. The second-order valence-electron chi connectivity index (χ2n) is 5.94. The smallest absolute Gasteiger partial charge is 0.252 e. The minimum Gasteiger partial charge on any atom is -0.369 e. The van der Waals surface area contributed by atoms with E-state index in [4.69, 9.17) is 5.73 Å². The van der Waals surface area contributed by atoms with Crippen molar-refractivity contribution in [3.63, 3.8) is 0 Å². The summed E-state index contributed by atoms with van der Waals surface area (Å²) in [7, 11) is 0. The fourth-order valence-corrected chi connectivity index (χ4v) is 2.95. The maximum Gasteiger partial charge on any atom is 0.252 e. The fourth-order valence-electron chi connectivity index (χ4n) is 2.95. The van der Waals surface area contributed by atoms with Gasteiger partial charge in [-0.1, -0.05) is 26.2 Å². The van der Waals surface area contributed by atoms with Gasteiger partial charge in [-0.2, -0.15) is 0 Å². The lowest BCUT2D eigenvalue weighted by Crippen LogP contribution is -2.13. The number of carbonyl (C=O) groups is 1. The van der Waals surface area contributed by atoms with E-state index < -0.39 is 5.91 Å². The molecule has 0 unspecified atom stereocenters. The molecule has 0 saturated carbocycles. The van der Waals surface area contributed by atoms with E-state index in [0.717, 1.165) is 24.9 Å². The van der Waals surface area contributed by atoms with Crippen molar-refractivity contribution >= 4 is 33.5 Å². The Morgan fingerprint density at radius 1 is 1.33 bits per heavy atom. The summed E-state index contributed by atoms with van der Waals surface area (Å²) in [4.78, 5) is 19.2. The number of rotatable bonds is 7. The van der Waals surface area contributed by atoms with Crippen LogP contribution in [0.25, 0.3) is 21.8 Å². The van der Waals surface area contributed by atoms with Crippen LogP contribution < -0.4 is 11.1 Å². The highest BCUT2D eigenvalue weighted by Crippen LogP contribution is 2.32. The molecular weight excluding hydrogens is 307 g/mol. The second-order valence-corrected chi connectivity index (χ2v) is 5.94. The summed E-state index contributed by atoms with van der Waals surface area (Å²) in [6, 6.07) is 4.48. The molecule has 0 spiro atoms. The lowest BCUT2D eigenvalue weighted by Gasteiger charge is -2.08. The van der Waals surface area contributed by atoms with Gasteiger partial charge in [-0.25, -0.2) is 9.37 Å². The number of aromatic amines is 1. The molecule has 0 saturated heterocycles. The number of benzene rings is 1. The molecule has 2 aromatic heterocycles. The van der Waals surface area contributed by atoms with Crippen LogP contribution in [0.5, 0.6) is 0 Å². The number of nitrogens with zero attached hydrogens (tertiary/aromatic N) is 1. The Morgan fingerprint density at radius 3 is 2.92 bits per heavy atom. The normalized spacial score (nSPS) is 11.2. The zero-order valence-electron chi connectivity index (χ0n) is 13.7. The van der Waals surface area contributed by atoms with Gasteiger partial charge in [0.2, 0.25) is 0 Å². The van der Waals surface area contributed by atoms with Crippen LogP contribution in [0, 0.1) is 5.82 Å². The molecule has 24 heavy (non-hydrogen) atoms. The van der Waals surface area contributed by atoms with Gasteiger partial charge in [-0.15, -0.1) is 0 Å². The van der Waals surface area contributed by atoms with E-state index in [9.17, 15) is 9.18 Å². The van der Waals surface area contributed by atoms with Crippen molar-refractivity contribution in [2.24, 2.45) is 5.73 Å². The Morgan fingerprint density at radius 2 is 2.17 bits per heavy atom. The first kappa shape index (κ1) is 16.2. The molecule has 5 nitrogen and oxygen atoms in total. The lowest BCUT2D eigenvalue weighted by molar-refractivity contribution is 0.100. The topological polar surface area (TPSA) is 83.8 Å². The number of hydrogen-bond donors (Lipinski definition) is 3. The van der Waals surface area contributed by atoms with Gasteiger partial charge in [0.1, 0.15) is 11.6 Å². The minimum absolute atomic E-state index is 0.304. The van der Waals surface area contributed by atoms with E-state index in [1.807, 2.05) is 0 Å². The van der Waals surface area contributed by atoms with Crippen LogP contribution in [0.3, 0.4) is 0 Å². The van der Waals surface area contributed by atoms with Crippen LogP contribution in [0.1, 0.15) is 43.0 Å². The summed E-state index contributed by atoms with van der Waals surface area (Å²) in [5, 5.41) is 4.70. The van der Waals surface area contributed by atoms with Gasteiger partial charge in [-0.05, 0) is 24.6 Å². The largest absolute Gasteiger partial charge is 0.369 e. The van der Waals surface area contributed by atoms with Crippen molar-refractivity contribution in [2.75, 3.05) is 11.9 Å². The summed E-state index contributed by atoms with van der Waals surface area (Å²) in [5.74, 6) is -0.251. The van der Waals surface area contributed by atoms with Gasteiger partial charge < -0.3 is 16.0 Å². The molecule has 0 fully saturated rings. The van der Waals surface area contributed by atoms with Crippen LogP contribution in [-0.2, 0) is 0 Å². The molecule has 1 amide bonds. The molecule has 0 bridgehead atoms. The van der Waals surface area contributed by atoms with Gasteiger partial charge >= 0.3 is 0 Å². The number of carbonyl (C=O) groups excluding carboxylic acids is 1. The van der Waals surface area contributed by atoms with E-state index in [2.05, 4.69) is 22.2 Å². The molecule has 1 aromatic carbocycles. The first-order chi connectivity index (χ1) is 11.6. The average Bonchev–Trinajstić information content (AvgIpc) is 2.93. The molecule has 3 rings (SSSR count). The molecule has 0 aliphatic heterocycles. The molecule has 0 atom stereocenters. The van der Waals surface area contributed by atoms with Gasteiger partial charge in [0.05, 0.1) is 16.5 Å². The predicted octanol–water partition coefficient (Wildman–Crippen LogP) is 3.95. The number of amides is 1. The van der Waals surface area contributed by atoms with E-state index in [1.54, 1.807) is 6.07 Å². The predicted molar refractivity (Wildman–Crippen MR) is 94.7 cm³/mol. The van der Waals surface area contributed by atoms with Gasteiger partial charge in [0, 0.05) is 23.6 Å². The van der Waals surface area contributed by atoms with Crippen molar-refractivity contribution in [1.82, 2.24) is 9.97 Å². The summed E-state index contributed by atoms with van der Waals surface area (Å²) in [6.45, 7) is 2.95. The molecule has 3 aromatic rings. The van der Waals surface area contributed by atoms with E-state index in [-0.39, 0.29) is 5.82 Å². The van der Waals surface area contributed by atoms with E-state index in [0.29, 0.717) is 27.7 Å². The van der Waals surface area contributed by atoms with Crippen molar-refractivity contribution in [3.05, 3.63) is 35.8 Å². The molecule has 0 radical (unpaired) electrons. The van der Waals surface area contributed by atoms with Crippen LogP contribution in [0.15, 0.2) is 24.4 Å². The summed E-state index contributed by atoms with van der Waals surface area (Å²) in [6.07, 6.45) is 6.02. The number of fused-ring (bicyclic) bond motifs is 3. The SMILES string of the molecule is CCCCCCNc1ncc(C(N)=O)c2[nH]c3ccc(F)cc3c12. The first-order valence-electron chi connectivity index (χ1n) is 8.25. The van der Waals surface area contributed by atoms with Crippen molar-refractivity contribution in [1.29, 1.82) is 0 Å². The Kier molecular flexibility index (Phi) is 4.64. The Hall–Kier alpha value is -2.63. The number of H-pyrrole nitrogens is 1. The third kappa shape index (κ3) is 3.04.